The number of carbonyl (C=O) groups is 1. The van der Waals surface area contributed by atoms with Gasteiger partial charge in [0.25, 0.3) is 0 Å². The lowest BCUT2D eigenvalue weighted by atomic mass is 10.0. The van der Waals surface area contributed by atoms with Crippen molar-refractivity contribution in [2.75, 3.05) is 6.54 Å². The average Bonchev–Trinajstić information content (AvgIpc) is 2.35. The quantitative estimate of drug-likeness (QED) is 0.746. The number of rotatable bonds is 6. The van der Waals surface area contributed by atoms with Gasteiger partial charge in [0.05, 0.1) is 12.1 Å². The molecule has 1 unspecified atom stereocenters. The third-order valence-electron chi connectivity index (χ3n) is 2.79. The molecule has 0 fully saturated rings. The van der Waals surface area contributed by atoms with Gasteiger partial charge in [0.1, 0.15) is 0 Å². The Morgan fingerprint density at radius 1 is 1.37 bits per heavy atom. The molecule has 5 heteroatoms. The monoisotopic (exact) mass is 284 g/mol. The van der Waals surface area contributed by atoms with E-state index in [1.54, 1.807) is 24.3 Å². The van der Waals surface area contributed by atoms with Crippen molar-refractivity contribution >= 4 is 17.5 Å². The van der Waals surface area contributed by atoms with E-state index in [0.29, 0.717) is 22.9 Å². The van der Waals surface area contributed by atoms with Crippen molar-refractivity contribution in [1.82, 2.24) is 5.32 Å². The van der Waals surface area contributed by atoms with Gasteiger partial charge in [-0.15, -0.1) is 0 Å². The molecule has 1 aromatic rings. The van der Waals surface area contributed by atoms with Crippen LogP contribution in [-0.2, 0) is 4.79 Å². The second-order valence-electron chi connectivity index (χ2n) is 5.05. The Kier molecular flexibility index (Phi) is 6.28. The number of carbonyl (C=O) groups excluding carboxylic acids is 1. The van der Waals surface area contributed by atoms with E-state index in [0.717, 1.165) is 0 Å². The lowest BCUT2D eigenvalue weighted by Gasteiger charge is -2.16. The van der Waals surface area contributed by atoms with Crippen molar-refractivity contribution < 1.29 is 9.90 Å². The fourth-order valence-corrected chi connectivity index (χ4v) is 1.87. The molecule has 1 rings (SSSR count). The van der Waals surface area contributed by atoms with Gasteiger partial charge in [-0.25, -0.2) is 0 Å². The first-order chi connectivity index (χ1) is 8.90. The fraction of sp³-hybridized carbons (Fsp3) is 0.500. The predicted molar refractivity (Wildman–Crippen MR) is 76.9 cm³/mol. The van der Waals surface area contributed by atoms with Gasteiger partial charge in [0.2, 0.25) is 5.91 Å². The number of nitrogens with one attached hydrogen (secondary N) is 1. The minimum absolute atomic E-state index is 0.145. The molecule has 1 aromatic carbocycles. The van der Waals surface area contributed by atoms with E-state index in [1.165, 1.54) is 0 Å². The molecule has 0 heterocycles. The minimum atomic E-state index is -0.757. The molecule has 0 aliphatic carbocycles. The number of aliphatic hydroxyl groups is 1. The highest BCUT2D eigenvalue weighted by Crippen LogP contribution is 2.15. The Morgan fingerprint density at radius 3 is 2.47 bits per heavy atom. The van der Waals surface area contributed by atoms with Crippen molar-refractivity contribution in [3.63, 3.8) is 0 Å². The summed E-state index contributed by atoms with van der Waals surface area (Å²) < 4.78 is 0. The maximum absolute atomic E-state index is 11.7. The van der Waals surface area contributed by atoms with Crippen molar-refractivity contribution in [1.29, 1.82) is 0 Å². The topological polar surface area (TPSA) is 75.4 Å². The number of nitrogens with two attached hydrogens (primary N) is 1. The van der Waals surface area contributed by atoms with Gasteiger partial charge in [0, 0.05) is 11.6 Å². The highest BCUT2D eigenvalue weighted by Gasteiger charge is 2.16. The van der Waals surface area contributed by atoms with E-state index in [-0.39, 0.29) is 12.5 Å². The first-order valence-corrected chi connectivity index (χ1v) is 6.74. The minimum Gasteiger partial charge on any atom is -0.387 e. The zero-order valence-electron chi connectivity index (χ0n) is 11.3. The number of amides is 1. The second-order valence-corrected chi connectivity index (χ2v) is 5.48. The molecule has 0 aromatic heterocycles. The van der Waals surface area contributed by atoms with Gasteiger partial charge in [0.15, 0.2) is 0 Å². The molecule has 4 nitrogen and oxygen atoms in total. The standard InChI is InChI=1S/C14H21ClN2O2/c1-9(2)7-12(16)14(19)17-8-13(18)10-3-5-11(15)6-4-10/h3-6,9,12-13,18H,7-8,16H2,1-2H3,(H,17,19)/t12-,13?/m0/s1. The van der Waals surface area contributed by atoms with Crippen molar-refractivity contribution in [3.8, 4) is 0 Å². The maximum Gasteiger partial charge on any atom is 0.237 e. The van der Waals surface area contributed by atoms with Crippen LogP contribution >= 0.6 is 11.6 Å². The third-order valence-corrected chi connectivity index (χ3v) is 3.04. The van der Waals surface area contributed by atoms with E-state index < -0.39 is 12.1 Å². The number of aliphatic hydroxyl groups excluding tert-OH is 1. The summed E-state index contributed by atoms with van der Waals surface area (Å²) in [6.07, 6.45) is -0.129. The van der Waals surface area contributed by atoms with Crippen LogP contribution in [0.1, 0.15) is 31.9 Å². The molecular weight excluding hydrogens is 264 g/mol. The summed E-state index contributed by atoms with van der Waals surface area (Å²) in [4.78, 5) is 11.7. The normalized spacial score (nSPS) is 14.2. The Hall–Kier alpha value is -1.10. The molecule has 19 heavy (non-hydrogen) atoms. The van der Waals surface area contributed by atoms with Gasteiger partial charge >= 0.3 is 0 Å². The fourth-order valence-electron chi connectivity index (χ4n) is 1.75. The molecule has 0 aliphatic rings. The van der Waals surface area contributed by atoms with Crippen LogP contribution in [0.3, 0.4) is 0 Å². The molecular formula is C14H21ClN2O2. The Morgan fingerprint density at radius 2 is 1.95 bits per heavy atom. The van der Waals surface area contributed by atoms with Crippen molar-refractivity contribution in [3.05, 3.63) is 34.9 Å². The molecule has 1 amide bonds. The summed E-state index contributed by atoms with van der Waals surface area (Å²) in [5, 5.41) is 13.2. The van der Waals surface area contributed by atoms with E-state index in [9.17, 15) is 9.90 Å². The molecule has 0 aliphatic heterocycles. The van der Waals surface area contributed by atoms with Crippen LogP contribution < -0.4 is 11.1 Å². The van der Waals surface area contributed by atoms with Gasteiger partial charge in [-0.05, 0) is 30.0 Å². The Balaban J connectivity index is 2.43. The zero-order valence-corrected chi connectivity index (χ0v) is 12.0. The molecule has 0 saturated carbocycles. The number of benzene rings is 1. The van der Waals surface area contributed by atoms with E-state index in [1.807, 2.05) is 13.8 Å². The first-order valence-electron chi connectivity index (χ1n) is 6.37. The summed E-state index contributed by atoms with van der Waals surface area (Å²) in [5.41, 5.74) is 6.46. The summed E-state index contributed by atoms with van der Waals surface area (Å²) >= 11 is 5.77. The maximum atomic E-state index is 11.7. The van der Waals surface area contributed by atoms with E-state index >= 15 is 0 Å². The van der Waals surface area contributed by atoms with E-state index in [4.69, 9.17) is 17.3 Å². The van der Waals surface area contributed by atoms with Crippen LogP contribution in [0.2, 0.25) is 5.02 Å². The molecule has 2 atom stereocenters. The summed E-state index contributed by atoms with van der Waals surface area (Å²) in [6, 6.07) is 6.33. The molecule has 0 spiro atoms. The highest BCUT2D eigenvalue weighted by molar-refractivity contribution is 6.30. The summed E-state index contributed by atoms with van der Waals surface area (Å²) in [5.74, 6) is 0.128. The van der Waals surface area contributed by atoms with Crippen LogP contribution in [0.4, 0.5) is 0 Å². The third kappa shape index (κ3) is 5.59. The summed E-state index contributed by atoms with van der Waals surface area (Å²) in [6.45, 7) is 4.16. The van der Waals surface area contributed by atoms with Gasteiger partial charge in [-0.2, -0.15) is 0 Å². The molecule has 0 saturated heterocycles. The van der Waals surface area contributed by atoms with Gasteiger partial charge in [-0.3, -0.25) is 4.79 Å². The SMILES string of the molecule is CC(C)C[C@H](N)C(=O)NCC(O)c1ccc(Cl)cc1. The molecule has 0 radical (unpaired) electrons. The Labute approximate surface area is 118 Å². The number of hydrogen-bond acceptors (Lipinski definition) is 3. The number of hydrogen-bond donors (Lipinski definition) is 3. The van der Waals surface area contributed by atoms with Crippen LogP contribution in [0, 0.1) is 5.92 Å². The highest BCUT2D eigenvalue weighted by atomic mass is 35.5. The van der Waals surface area contributed by atoms with Crippen LogP contribution in [0.5, 0.6) is 0 Å². The van der Waals surface area contributed by atoms with Crippen LogP contribution in [0.15, 0.2) is 24.3 Å². The first kappa shape index (κ1) is 16.0. The van der Waals surface area contributed by atoms with Crippen molar-refractivity contribution in [2.24, 2.45) is 11.7 Å². The van der Waals surface area contributed by atoms with Crippen LogP contribution in [-0.4, -0.2) is 23.6 Å². The largest absolute Gasteiger partial charge is 0.387 e. The lowest BCUT2D eigenvalue weighted by Crippen LogP contribution is -2.42. The van der Waals surface area contributed by atoms with Crippen LogP contribution in [0.25, 0.3) is 0 Å². The van der Waals surface area contributed by atoms with E-state index in [2.05, 4.69) is 5.32 Å². The number of halogens is 1. The average molecular weight is 285 g/mol. The Bertz CT molecular complexity index is 406. The predicted octanol–water partition coefficient (Wildman–Crippen LogP) is 1.86. The zero-order chi connectivity index (χ0) is 14.4. The lowest BCUT2D eigenvalue weighted by molar-refractivity contribution is -0.123. The van der Waals surface area contributed by atoms with Gasteiger partial charge in [-0.1, -0.05) is 37.6 Å². The van der Waals surface area contributed by atoms with Crippen molar-refractivity contribution in [2.45, 2.75) is 32.4 Å². The molecule has 106 valence electrons. The molecule has 4 N–H and O–H groups in total. The van der Waals surface area contributed by atoms with Gasteiger partial charge < -0.3 is 16.2 Å². The smallest absolute Gasteiger partial charge is 0.237 e. The molecule has 0 bridgehead atoms. The summed E-state index contributed by atoms with van der Waals surface area (Å²) in [7, 11) is 0. The second kappa shape index (κ2) is 7.48.